The van der Waals surface area contributed by atoms with Gasteiger partial charge in [-0.05, 0) is 40.0 Å². The molecule has 108 valence electrons. The van der Waals surface area contributed by atoms with E-state index in [1.165, 1.54) is 6.33 Å². The van der Waals surface area contributed by atoms with Crippen molar-refractivity contribution in [2.24, 2.45) is 0 Å². The zero-order valence-corrected chi connectivity index (χ0v) is 13.3. The monoisotopic (exact) mass is 345 g/mol. The third-order valence-electron chi connectivity index (χ3n) is 2.87. The van der Waals surface area contributed by atoms with Gasteiger partial charge in [-0.25, -0.2) is 9.97 Å². The van der Waals surface area contributed by atoms with Crippen molar-refractivity contribution in [2.75, 3.05) is 17.2 Å². The van der Waals surface area contributed by atoms with Gasteiger partial charge in [0.2, 0.25) is 0 Å². The van der Waals surface area contributed by atoms with Crippen LogP contribution in [-0.2, 0) is 6.54 Å². The zero-order valence-electron chi connectivity index (χ0n) is 11.7. The molecule has 0 amide bonds. The van der Waals surface area contributed by atoms with Crippen LogP contribution in [0.5, 0.6) is 0 Å². The summed E-state index contributed by atoms with van der Waals surface area (Å²) in [4.78, 5) is 8.44. The molecule has 1 heterocycles. The highest BCUT2D eigenvalue weighted by molar-refractivity contribution is 9.10. The third-order valence-corrected chi connectivity index (χ3v) is 3.63. The van der Waals surface area contributed by atoms with E-state index in [-0.39, 0.29) is 0 Å². The number of aromatic nitrogens is 2. The summed E-state index contributed by atoms with van der Waals surface area (Å²) in [5.74, 6) is 1.53. The highest BCUT2D eigenvalue weighted by Crippen LogP contribution is 2.26. The Bertz CT molecular complexity index is 634. The highest BCUT2D eigenvalue weighted by atomic mass is 79.9. The SMILES string of the molecule is CCCNc1ncnc(NCc2ccc(C#N)cc2)c1Br. The molecular weight excluding hydrogens is 330 g/mol. The molecule has 2 aromatic rings. The maximum absolute atomic E-state index is 8.78. The number of nitriles is 1. The molecule has 5 nitrogen and oxygen atoms in total. The Morgan fingerprint density at radius 1 is 1.14 bits per heavy atom. The van der Waals surface area contributed by atoms with Crippen LogP contribution in [-0.4, -0.2) is 16.5 Å². The predicted molar refractivity (Wildman–Crippen MR) is 87.0 cm³/mol. The van der Waals surface area contributed by atoms with E-state index in [1.54, 1.807) is 12.1 Å². The summed E-state index contributed by atoms with van der Waals surface area (Å²) in [7, 11) is 0. The quantitative estimate of drug-likeness (QED) is 0.837. The molecule has 0 radical (unpaired) electrons. The first-order valence-corrected chi connectivity index (χ1v) is 7.51. The lowest BCUT2D eigenvalue weighted by Crippen LogP contribution is -2.07. The van der Waals surface area contributed by atoms with E-state index in [4.69, 9.17) is 5.26 Å². The summed E-state index contributed by atoms with van der Waals surface area (Å²) in [6.45, 7) is 3.60. The van der Waals surface area contributed by atoms with E-state index in [0.717, 1.165) is 34.6 Å². The van der Waals surface area contributed by atoms with Gasteiger partial charge in [0.1, 0.15) is 22.4 Å². The van der Waals surface area contributed by atoms with Crippen LogP contribution in [0.1, 0.15) is 24.5 Å². The first kappa shape index (κ1) is 15.3. The van der Waals surface area contributed by atoms with Gasteiger partial charge in [0, 0.05) is 13.1 Å². The summed E-state index contributed by atoms with van der Waals surface area (Å²) >= 11 is 3.51. The normalized spacial score (nSPS) is 9.95. The highest BCUT2D eigenvalue weighted by Gasteiger charge is 2.07. The molecule has 1 aromatic carbocycles. The second-order valence-electron chi connectivity index (χ2n) is 4.47. The van der Waals surface area contributed by atoms with Gasteiger partial charge in [0.05, 0.1) is 11.6 Å². The number of hydrogen-bond donors (Lipinski definition) is 2. The van der Waals surface area contributed by atoms with Crippen molar-refractivity contribution in [3.05, 3.63) is 46.2 Å². The van der Waals surface area contributed by atoms with Gasteiger partial charge in [-0.15, -0.1) is 0 Å². The number of halogens is 1. The van der Waals surface area contributed by atoms with Crippen LogP contribution in [0, 0.1) is 11.3 Å². The first-order valence-electron chi connectivity index (χ1n) is 6.72. The molecule has 0 spiro atoms. The number of nitrogens with one attached hydrogen (secondary N) is 2. The van der Waals surface area contributed by atoms with E-state index < -0.39 is 0 Å². The number of nitrogens with zero attached hydrogens (tertiary/aromatic N) is 3. The van der Waals surface area contributed by atoms with E-state index in [9.17, 15) is 0 Å². The van der Waals surface area contributed by atoms with Gasteiger partial charge in [-0.2, -0.15) is 5.26 Å². The number of anilines is 2. The van der Waals surface area contributed by atoms with Crippen LogP contribution in [0.15, 0.2) is 35.1 Å². The van der Waals surface area contributed by atoms with Gasteiger partial charge in [0.25, 0.3) is 0 Å². The van der Waals surface area contributed by atoms with Crippen LogP contribution in [0.4, 0.5) is 11.6 Å². The summed E-state index contributed by atoms with van der Waals surface area (Å²) < 4.78 is 0.826. The summed E-state index contributed by atoms with van der Waals surface area (Å²) in [5, 5.41) is 15.3. The molecule has 0 bridgehead atoms. The van der Waals surface area contributed by atoms with Crippen LogP contribution in [0.25, 0.3) is 0 Å². The smallest absolute Gasteiger partial charge is 0.146 e. The standard InChI is InChI=1S/C15H16BrN5/c1-2-7-18-14-13(16)15(21-10-20-14)19-9-12-5-3-11(8-17)4-6-12/h3-6,10H,2,7,9H2,1H3,(H2,18,19,20,21). The summed E-state index contributed by atoms with van der Waals surface area (Å²) in [5.41, 5.74) is 1.75. The number of hydrogen-bond acceptors (Lipinski definition) is 5. The molecule has 0 saturated heterocycles. The van der Waals surface area contributed by atoms with Gasteiger partial charge in [-0.1, -0.05) is 19.1 Å². The van der Waals surface area contributed by atoms with E-state index >= 15 is 0 Å². The minimum atomic E-state index is 0.633. The van der Waals surface area contributed by atoms with Crippen LogP contribution >= 0.6 is 15.9 Å². The van der Waals surface area contributed by atoms with Gasteiger partial charge in [0.15, 0.2) is 0 Å². The van der Waals surface area contributed by atoms with Crippen LogP contribution in [0.2, 0.25) is 0 Å². The lowest BCUT2D eigenvalue weighted by atomic mass is 10.1. The molecule has 0 saturated carbocycles. The lowest BCUT2D eigenvalue weighted by molar-refractivity contribution is 0.960. The molecule has 6 heteroatoms. The molecule has 2 rings (SSSR count). The maximum atomic E-state index is 8.78. The van der Waals surface area contributed by atoms with Gasteiger partial charge < -0.3 is 10.6 Å². The number of benzene rings is 1. The van der Waals surface area contributed by atoms with Crippen molar-refractivity contribution >= 4 is 27.6 Å². The first-order chi connectivity index (χ1) is 10.2. The average molecular weight is 346 g/mol. The topological polar surface area (TPSA) is 73.6 Å². The second kappa shape index (κ2) is 7.60. The number of rotatable bonds is 6. The molecule has 0 atom stereocenters. The maximum Gasteiger partial charge on any atom is 0.146 e. The molecule has 1 aromatic heterocycles. The largest absolute Gasteiger partial charge is 0.369 e. The summed E-state index contributed by atoms with van der Waals surface area (Å²) in [6.07, 6.45) is 2.56. The Kier molecular flexibility index (Phi) is 5.52. The van der Waals surface area contributed by atoms with E-state index in [0.29, 0.717) is 12.1 Å². The molecule has 0 aliphatic carbocycles. The van der Waals surface area contributed by atoms with Crippen molar-refractivity contribution in [3.8, 4) is 6.07 Å². The van der Waals surface area contributed by atoms with E-state index in [2.05, 4.69) is 49.5 Å². The molecule has 0 fully saturated rings. The van der Waals surface area contributed by atoms with E-state index in [1.807, 2.05) is 12.1 Å². The molecule has 0 aliphatic heterocycles. The lowest BCUT2D eigenvalue weighted by Gasteiger charge is -2.11. The van der Waals surface area contributed by atoms with Crippen molar-refractivity contribution in [1.29, 1.82) is 5.26 Å². The average Bonchev–Trinajstić information content (AvgIpc) is 2.53. The molecule has 0 unspecified atom stereocenters. The predicted octanol–water partition coefficient (Wildman–Crippen LogP) is 3.54. The minimum absolute atomic E-state index is 0.633. The van der Waals surface area contributed by atoms with Crippen LogP contribution in [0.3, 0.4) is 0 Å². The van der Waals surface area contributed by atoms with Crippen LogP contribution < -0.4 is 10.6 Å². The summed E-state index contributed by atoms with van der Waals surface area (Å²) in [6, 6.07) is 9.57. The zero-order chi connectivity index (χ0) is 15.1. The molecule has 0 aliphatic rings. The fourth-order valence-corrected chi connectivity index (χ4v) is 2.23. The van der Waals surface area contributed by atoms with Crippen molar-refractivity contribution in [3.63, 3.8) is 0 Å². The molecular formula is C15H16BrN5. The van der Waals surface area contributed by atoms with Crippen molar-refractivity contribution in [2.45, 2.75) is 19.9 Å². The second-order valence-corrected chi connectivity index (χ2v) is 5.27. The Morgan fingerprint density at radius 3 is 2.43 bits per heavy atom. The van der Waals surface area contributed by atoms with Crippen molar-refractivity contribution in [1.82, 2.24) is 9.97 Å². The Balaban J connectivity index is 2.03. The van der Waals surface area contributed by atoms with Gasteiger partial charge >= 0.3 is 0 Å². The Morgan fingerprint density at radius 2 is 1.81 bits per heavy atom. The fourth-order valence-electron chi connectivity index (χ4n) is 1.74. The molecule has 2 N–H and O–H groups in total. The molecule has 21 heavy (non-hydrogen) atoms. The fraction of sp³-hybridized carbons (Fsp3) is 0.267. The Labute approximate surface area is 132 Å². The third kappa shape index (κ3) is 4.17. The van der Waals surface area contributed by atoms with Crippen molar-refractivity contribution < 1.29 is 0 Å². The Hall–Kier alpha value is -2.13. The minimum Gasteiger partial charge on any atom is -0.369 e. The van der Waals surface area contributed by atoms with Gasteiger partial charge in [-0.3, -0.25) is 0 Å².